The van der Waals surface area contributed by atoms with Crippen molar-refractivity contribution in [2.24, 2.45) is 0 Å². The fourth-order valence-corrected chi connectivity index (χ4v) is 2.10. The third-order valence-corrected chi connectivity index (χ3v) is 3.29. The number of nitrogens with one attached hydrogen (secondary N) is 1. The molecule has 2 aromatic rings. The Hall–Kier alpha value is -2.07. The molecule has 21 heavy (non-hydrogen) atoms. The molecule has 0 saturated heterocycles. The number of hydrogen-bond donors (Lipinski definition) is 1. The van der Waals surface area contributed by atoms with Crippen molar-refractivity contribution in [3.8, 4) is 5.75 Å². The summed E-state index contributed by atoms with van der Waals surface area (Å²) in [6.07, 6.45) is 0.0763. The average Bonchev–Trinajstić information content (AvgIpc) is 2.43. The van der Waals surface area contributed by atoms with Crippen LogP contribution in [-0.2, 0) is 11.2 Å². The summed E-state index contributed by atoms with van der Waals surface area (Å²) in [6, 6.07) is 9.72. The van der Waals surface area contributed by atoms with E-state index in [4.69, 9.17) is 16.3 Å². The summed E-state index contributed by atoms with van der Waals surface area (Å²) in [7, 11) is 1.40. The number of methoxy groups -OCH3 is 1. The number of ether oxygens (including phenoxy) is 1. The van der Waals surface area contributed by atoms with Crippen molar-refractivity contribution in [2.45, 2.75) is 13.3 Å². The molecular formula is C16H15ClFNO2. The highest BCUT2D eigenvalue weighted by Gasteiger charge is 2.09. The number of benzene rings is 2. The van der Waals surface area contributed by atoms with Gasteiger partial charge in [-0.15, -0.1) is 0 Å². The van der Waals surface area contributed by atoms with E-state index in [-0.39, 0.29) is 18.1 Å². The molecule has 0 saturated carbocycles. The van der Waals surface area contributed by atoms with Gasteiger partial charge in [0.1, 0.15) is 0 Å². The molecule has 110 valence electrons. The monoisotopic (exact) mass is 307 g/mol. The average molecular weight is 308 g/mol. The maximum Gasteiger partial charge on any atom is 0.228 e. The molecule has 1 amide bonds. The zero-order valence-electron chi connectivity index (χ0n) is 11.7. The van der Waals surface area contributed by atoms with Crippen LogP contribution < -0.4 is 10.1 Å². The highest BCUT2D eigenvalue weighted by molar-refractivity contribution is 6.31. The number of hydrogen-bond acceptors (Lipinski definition) is 2. The quantitative estimate of drug-likeness (QED) is 0.928. The minimum atomic E-state index is -0.485. The van der Waals surface area contributed by atoms with Gasteiger partial charge >= 0.3 is 0 Å². The molecule has 0 aromatic heterocycles. The fraction of sp³-hybridized carbons (Fsp3) is 0.188. The van der Waals surface area contributed by atoms with Crippen molar-refractivity contribution in [3.05, 3.63) is 58.4 Å². The largest absolute Gasteiger partial charge is 0.494 e. The molecule has 0 aliphatic heterocycles. The van der Waals surface area contributed by atoms with Gasteiger partial charge in [0.15, 0.2) is 11.6 Å². The van der Waals surface area contributed by atoms with Crippen LogP contribution in [0.2, 0.25) is 5.02 Å². The number of amides is 1. The number of carbonyl (C=O) groups excluding carboxylic acids is 1. The summed E-state index contributed by atoms with van der Waals surface area (Å²) in [5.41, 5.74) is 2.14. The fourth-order valence-electron chi connectivity index (χ4n) is 1.93. The zero-order valence-corrected chi connectivity index (χ0v) is 12.5. The van der Waals surface area contributed by atoms with Gasteiger partial charge in [0.2, 0.25) is 5.91 Å². The Morgan fingerprint density at radius 1 is 1.29 bits per heavy atom. The molecule has 0 atom stereocenters. The minimum Gasteiger partial charge on any atom is -0.494 e. The van der Waals surface area contributed by atoms with Crippen LogP contribution in [0.15, 0.2) is 36.4 Å². The van der Waals surface area contributed by atoms with Crippen molar-refractivity contribution in [3.63, 3.8) is 0 Å². The molecule has 0 heterocycles. The lowest BCUT2D eigenvalue weighted by Gasteiger charge is -2.09. The standard InChI is InChI=1S/C16H15ClFNO2/c1-10-3-5-12(17)9-14(10)19-16(20)8-11-4-6-15(21-2)13(18)7-11/h3-7,9H,8H2,1-2H3,(H,19,20). The smallest absolute Gasteiger partial charge is 0.228 e. The molecular weight excluding hydrogens is 293 g/mol. The Morgan fingerprint density at radius 3 is 2.71 bits per heavy atom. The van der Waals surface area contributed by atoms with Gasteiger partial charge in [-0.2, -0.15) is 0 Å². The number of rotatable bonds is 4. The van der Waals surface area contributed by atoms with Crippen LogP contribution in [0, 0.1) is 12.7 Å². The van der Waals surface area contributed by atoms with Crippen molar-refractivity contribution in [1.82, 2.24) is 0 Å². The first-order valence-electron chi connectivity index (χ1n) is 6.38. The molecule has 0 fully saturated rings. The van der Waals surface area contributed by atoms with Crippen molar-refractivity contribution in [2.75, 3.05) is 12.4 Å². The van der Waals surface area contributed by atoms with E-state index < -0.39 is 5.82 Å². The van der Waals surface area contributed by atoms with E-state index in [9.17, 15) is 9.18 Å². The predicted octanol–water partition coefficient (Wildman–Crippen LogP) is 3.98. The Morgan fingerprint density at radius 2 is 2.05 bits per heavy atom. The van der Waals surface area contributed by atoms with Crippen LogP contribution in [0.25, 0.3) is 0 Å². The molecule has 1 N–H and O–H groups in total. The first-order chi connectivity index (χ1) is 9.99. The van der Waals surface area contributed by atoms with E-state index in [1.165, 1.54) is 19.2 Å². The van der Waals surface area contributed by atoms with E-state index in [2.05, 4.69) is 5.32 Å². The van der Waals surface area contributed by atoms with E-state index in [0.29, 0.717) is 16.3 Å². The summed E-state index contributed by atoms with van der Waals surface area (Å²) in [5, 5.41) is 3.32. The van der Waals surface area contributed by atoms with Gasteiger partial charge in [0.25, 0.3) is 0 Å². The van der Waals surface area contributed by atoms with Gasteiger partial charge in [0, 0.05) is 10.7 Å². The summed E-state index contributed by atoms with van der Waals surface area (Å²) in [4.78, 5) is 12.0. The maximum absolute atomic E-state index is 13.6. The molecule has 2 rings (SSSR count). The Labute approximate surface area is 127 Å². The lowest BCUT2D eigenvalue weighted by atomic mass is 10.1. The van der Waals surface area contributed by atoms with Gasteiger partial charge < -0.3 is 10.1 Å². The highest BCUT2D eigenvalue weighted by atomic mass is 35.5. The molecule has 0 aliphatic rings. The summed E-state index contributed by atoms with van der Waals surface area (Å²) < 4.78 is 18.4. The SMILES string of the molecule is COc1ccc(CC(=O)Nc2cc(Cl)ccc2C)cc1F. The Balaban J connectivity index is 2.08. The normalized spacial score (nSPS) is 10.3. The van der Waals surface area contributed by atoms with Crippen LogP contribution in [0.1, 0.15) is 11.1 Å². The summed E-state index contributed by atoms with van der Waals surface area (Å²) in [6.45, 7) is 1.87. The molecule has 0 spiro atoms. The first-order valence-corrected chi connectivity index (χ1v) is 6.76. The van der Waals surface area contributed by atoms with Crippen LogP contribution in [0.4, 0.5) is 10.1 Å². The second-order valence-electron chi connectivity index (χ2n) is 4.65. The first kappa shape index (κ1) is 15.3. The van der Waals surface area contributed by atoms with Crippen LogP contribution in [0.3, 0.4) is 0 Å². The van der Waals surface area contributed by atoms with Gasteiger partial charge in [-0.25, -0.2) is 4.39 Å². The van der Waals surface area contributed by atoms with Crippen LogP contribution >= 0.6 is 11.6 Å². The highest BCUT2D eigenvalue weighted by Crippen LogP contribution is 2.21. The molecule has 2 aromatic carbocycles. The van der Waals surface area contributed by atoms with Gasteiger partial charge in [0.05, 0.1) is 13.5 Å². The van der Waals surface area contributed by atoms with Crippen LogP contribution in [0.5, 0.6) is 5.75 Å². The minimum absolute atomic E-state index is 0.0763. The zero-order chi connectivity index (χ0) is 15.4. The van der Waals surface area contributed by atoms with Crippen LogP contribution in [-0.4, -0.2) is 13.0 Å². The molecule has 5 heteroatoms. The predicted molar refractivity (Wildman–Crippen MR) is 81.5 cm³/mol. The van der Waals surface area contributed by atoms with E-state index in [1.54, 1.807) is 18.2 Å². The topological polar surface area (TPSA) is 38.3 Å². The number of anilines is 1. The molecule has 3 nitrogen and oxygen atoms in total. The third-order valence-electron chi connectivity index (χ3n) is 3.05. The lowest BCUT2D eigenvalue weighted by Crippen LogP contribution is -2.15. The maximum atomic E-state index is 13.6. The van der Waals surface area contributed by atoms with Crippen molar-refractivity contribution in [1.29, 1.82) is 0 Å². The summed E-state index contributed by atoms with van der Waals surface area (Å²) in [5.74, 6) is -0.559. The molecule has 0 unspecified atom stereocenters. The Kier molecular flexibility index (Phi) is 4.81. The summed E-state index contributed by atoms with van der Waals surface area (Å²) >= 11 is 5.90. The molecule has 0 aliphatic carbocycles. The lowest BCUT2D eigenvalue weighted by molar-refractivity contribution is -0.115. The molecule has 0 bridgehead atoms. The van der Waals surface area contributed by atoms with Gasteiger partial charge in [-0.1, -0.05) is 23.7 Å². The van der Waals surface area contributed by atoms with E-state index >= 15 is 0 Å². The second kappa shape index (κ2) is 6.59. The van der Waals surface area contributed by atoms with Crippen molar-refractivity contribution >= 4 is 23.2 Å². The Bertz CT molecular complexity index is 673. The van der Waals surface area contributed by atoms with E-state index in [1.807, 2.05) is 13.0 Å². The number of carbonyl (C=O) groups is 1. The molecule has 0 radical (unpaired) electrons. The second-order valence-corrected chi connectivity index (χ2v) is 5.09. The van der Waals surface area contributed by atoms with Gasteiger partial charge in [-0.3, -0.25) is 4.79 Å². The third kappa shape index (κ3) is 3.95. The van der Waals surface area contributed by atoms with E-state index in [0.717, 1.165) is 5.56 Å². The van der Waals surface area contributed by atoms with Crippen molar-refractivity contribution < 1.29 is 13.9 Å². The van der Waals surface area contributed by atoms with Gasteiger partial charge in [-0.05, 0) is 42.3 Å². The number of halogens is 2. The number of aryl methyl sites for hydroxylation is 1.